The summed E-state index contributed by atoms with van der Waals surface area (Å²) < 4.78 is 41.2. The molecule has 122 valence electrons. The molecule has 3 rings (SSSR count). The number of benzene rings is 1. The molecule has 1 amide bonds. The second-order valence-corrected chi connectivity index (χ2v) is 5.61. The van der Waals surface area contributed by atoms with E-state index in [1.54, 1.807) is 18.2 Å². The van der Waals surface area contributed by atoms with Crippen LogP contribution in [0.2, 0.25) is 0 Å². The van der Waals surface area contributed by atoms with E-state index in [9.17, 15) is 18.0 Å². The second-order valence-electron chi connectivity index (χ2n) is 5.61. The van der Waals surface area contributed by atoms with Gasteiger partial charge in [0.25, 0.3) is 5.91 Å². The minimum Gasteiger partial charge on any atom is -0.349 e. The fourth-order valence-electron chi connectivity index (χ4n) is 2.89. The molecule has 1 N–H and O–H groups in total. The third kappa shape index (κ3) is 3.23. The van der Waals surface area contributed by atoms with Gasteiger partial charge >= 0.3 is 6.18 Å². The summed E-state index contributed by atoms with van der Waals surface area (Å²) in [5.41, 5.74) is -1.22. The van der Waals surface area contributed by atoms with E-state index in [-0.39, 0.29) is 11.7 Å². The van der Waals surface area contributed by atoms with Crippen molar-refractivity contribution in [1.29, 1.82) is 0 Å². The second kappa shape index (κ2) is 6.06. The SMILES string of the molecule is O=C(NC1CCCC1)c1cnn(-c2ccccc2)c1C(F)(F)F. The van der Waals surface area contributed by atoms with Gasteiger partial charge in [0.15, 0.2) is 5.69 Å². The van der Waals surface area contributed by atoms with Gasteiger partial charge in [0.2, 0.25) is 0 Å². The molecule has 0 bridgehead atoms. The van der Waals surface area contributed by atoms with Crippen molar-refractivity contribution in [2.75, 3.05) is 0 Å². The molecular weight excluding hydrogens is 307 g/mol. The third-order valence-corrected chi connectivity index (χ3v) is 3.97. The van der Waals surface area contributed by atoms with Crippen LogP contribution < -0.4 is 5.32 Å². The van der Waals surface area contributed by atoms with Gasteiger partial charge in [0.05, 0.1) is 17.4 Å². The number of para-hydroxylation sites is 1. The molecule has 1 fully saturated rings. The highest BCUT2D eigenvalue weighted by Crippen LogP contribution is 2.33. The van der Waals surface area contributed by atoms with Crippen molar-refractivity contribution >= 4 is 5.91 Å². The lowest BCUT2D eigenvalue weighted by Gasteiger charge is -2.15. The summed E-state index contributed by atoms with van der Waals surface area (Å²) in [7, 11) is 0. The minimum absolute atomic E-state index is 0.0522. The largest absolute Gasteiger partial charge is 0.434 e. The van der Waals surface area contributed by atoms with Crippen LogP contribution in [-0.4, -0.2) is 21.7 Å². The fourth-order valence-corrected chi connectivity index (χ4v) is 2.89. The number of amides is 1. The van der Waals surface area contributed by atoms with Gasteiger partial charge in [-0.15, -0.1) is 0 Å². The lowest BCUT2D eigenvalue weighted by molar-refractivity contribution is -0.143. The average Bonchev–Trinajstić information content (AvgIpc) is 3.16. The first-order valence-electron chi connectivity index (χ1n) is 7.48. The smallest absolute Gasteiger partial charge is 0.349 e. The average molecular weight is 323 g/mol. The van der Waals surface area contributed by atoms with E-state index in [4.69, 9.17) is 0 Å². The number of hydrogen-bond acceptors (Lipinski definition) is 2. The standard InChI is InChI=1S/C16H16F3N3O/c17-16(18,19)14-13(15(23)21-11-6-4-5-7-11)10-20-22(14)12-8-2-1-3-9-12/h1-3,8-11H,4-7H2,(H,21,23). The summed E-state index contributed by atoms with van der Waals surface area (Å²) in [6.07, 6.45) is -0.102. The number of carbonyl (C=O) groups is 1. The van der Waals surface area contributed by atoms with Crippen molar-refractivity contribution in [3.05, 3.63) is 47.8 Å². The van der Waals surface area contributed by atoms with Gasteiger partial charge in [-0.25, -0.2) is 4.68 Å². The van der Waals surface area contributed by atoms with Gasteiger partial charge in [-0.3, -0.25) is 4.79 Å². The first-order chi connectivity index (χ1) is 11.0. The highest BCUT2D eigenvalue weighted by atomic mass is 19.4. The molecule has 1 aromatic carbocycles. The van der Waals surface area contributed by atoms with E-state index in [0.717, 1.165) is 36.6 Å². The van der Waals surface area contributed by atoms with Gasteiger partial charge < -0.3 is 5.32 Å². The zero-order valence-electron chi connectivity index (χ0n) is 12.3. The predicted molar refractivity (Wildman–Crippen MR) is 78.3 cm³/mol. The van der Waals surface area contributed by atoms with Crippen LogP contribution >= 0.6 is 0 Å². The van der Waals surface area contributed by atoms with E-state index in [1.807, 2.05) is 0 Å². The monoisotopic (exact) mass is 323 g/mol. The molecule has 1 saturated carbocycles. The minimum atomic E-state index is -4.67. The van der Waals surface area contributed by atoms with Crippen molar-refractivity contribution < 1.29 is 18.0 Å². The first kappa shape index (κ1) is 15.6. The normalized spacial score (nSPS) is 15.8. The molecule has 7 heteroatoms. The molecule has 0 aliphatic heterocycles. The maximum atomic E-state index is 13.5. The van der Waals surface area contributed by atoms with E-state index in [0.29, 0.717) is 0 Å². The Balaban J connectivity index is 1.97. The van der Waals surface area contributed by atoms with Crippen LogP contribution in [0, 0.1) is 0 Å². The Labute approximate surface area is 131 Å². The van der Waals surface area contributed by atoms with Crippen LogP contribution in [0.5, 0.6) is 0 Å². The van der Waals surface area contributed by atoms with Crippen LogP contribution in [0.1, 0.15) is 41.7 Å². The third-order valence-electron chi connectivity index (χ3n) is 3.97. The molecule has 23 heavy (non-hydrogen) atoms. The van der Waals surface area contributed by atoms with E-state index < -0.39 is 23.3 Å². The van der Waals surface area contributed by atoms with Gasteiger partial charge in [-0.05, 0) is 25.0 Å². The number of rotatable bonds is 3. The summed E-state index contributed by atoms with van der Waals surface area (Å²) in [6, 6.07) is 7.92. The van der Waals surface area contributed by atoms with Crippen LogP contribution in [0.25, 0.3) is 5.69 Å². The van der Waals surface area contributed by atoms with Crippen molar-refractivity contribution in [3.63, 3.8) is 0 Å². The highest BCUT2D eigenvalue weighted by Gasteiger charge is 2.40. The van der Waals surface area contributed by atoms with E-state index in [1.165, 1.54) is 12.1 Å². The summed E-state index contributed by atoms with van der Waals surface area (Å²) >= 11 is 0. The van der Waals surface area contributed by atoms with Gasteiger partial charge in [0, 0.05) is 6.04 Å². The maximum Gasteiger partial charge on any atom is 0.434 e. The molecule has 0 unspecified atom stereocenters. The molecular formula is C16H16F3N3O. The van der Waals surface area contributed by atoms with Crippen molar-refractivity contribution in [2.45, 2.75) is 37.9 Å². The summed E-state index contributed by atoms with van der Waals surface area (Å²) in [5, 5.41) is 6.46. The molecule has 0 saturated heterocycles. The summed E-state index contributed by atoms with van der Waals surface area (Å²) in [5.74, 6) is -0.716. The summed E-state index contributed by atoms with van der Waals surface area (Å²) in [4.78, 5) is 12.2. The van der Waals surface area contributed by atoms with E-state index in [2.05, 4.69) is 10.4 Å². The van der Waals surface area contributed by atoms with Gasteiger partial charge in [-0.1, -0.05) is 31.0 Å². The molecule has 4 nitrogen and oxygen atoms in total. The number of aromatic nitrogens is 2. The van der Waals surface area contributed by atoms with Crippen molar-refractivity contribution in [1.82, 2.24) is 15.1 Å². The molecule has 0 spiro atoms. The number of alkyl halides is 3. The Hall–Kier alpha value is -2.31. The lowest BCUT2D eigenvalue weighted by Crippen LogP contribution is -2.34. The number of nitrogens with one attached hydrogen (secondary N) is 1. The van der Waals surface area contributed by atoms with Crippen LogP contribution in [0.15, 0.2) is 36.5 Å². The molecule has 1 heterocycles. The topological polar surface area (TPSA) is 46.9 Å². The zero-order chi connectivity index (χ0) is 16.4. The number of carbonyl (C=O) groups excluding carboxylic acids is 1. The van der Waals surface area contributed by atoms with E-state index >= 15 is 0 Å². The Morgan fingerprint density at radius 3 is 2.43 bits per heavy atom. The zero-order valence-corrected chi connectivity index (χ0v) is 12.3. The number of hydrogen-bond donors (Lipinski definition) is 1. The fraction of sp³-hybridized carbons (Fsp3) is 0.375. The molecule has 0 radical (unpaired) electrons. The Kier molecular flexibility index (Phi) is 4.11. The van der Waals surface area contributed by atoms with Crippen molar-refractivity contribution in [2.24, 2.45) is 0 Å². The Morgan fingerprint density at radius 1 is 1.17 bits per heavy atom. The Bertz CT molecular complexity index is 688. The summed E-state index contributed by atoms with van der Waals surface area (Å²) in [6.45, 7) is 0. The molecule has 0 atom stereocenters. The lowest BCUT2D eigenvalue weighted by atomic mass is 10.2. The number of nitrogens with zero attached hydrogens (tertiary/aromatic N) is 2. The van der Waals surface area contributed by atoms with Gasteiger partial charge in [0.1, 0.15) is 0 Å². The van der Waals surface area contributed by atoms with Crippen LogP contribution in [0.4, 0.5) is 13.2 Å². The van der Waals surface area contributed by atoms with Crippen molar-refractivity contribution in [3.8, 4) is 5.69 Å². The van der Waals surface area contributed by atoms with Gasteiger partial charge in [-0.2, -0.15) is 18.3 Å². The number of halogens is 3. The van der Waals surface area contributed by atoms with Crippen LogP contribution in [0.3, 0.4) is 0 Å². The molecule has 2 aromatic rings. The maximum absolute atomic E-state index is 13.5. The molecule has 1 aliphatic rings. The Morgan fingerprint density at radius 2 is 1.83 bits per heavy atom. The quantitative estimate of drug-likeness (QED) is 0.939. The van der Waals surface area contributed by atoms with Crippen LogP contribution in [-0.2, 0) is 6.18 Å². The first-order valence-corrected chi connectivity index (χ1v) is 7.48. The predicted octanol–water partition coefficient (Wildman–Crippen LogP) is 3.56. The molecule has 1 aromatic heterocycles. The highest BCUT2D eigenvalue weighted by molar-refractivity contribution is 5.95. The molecule has 1 aliphatic carbocycles.